The summed E-state index contributed by atoms with van der Waals surface area (Å²) in [6, 6.07) is 10.5. The van der Waals surface area contributed by atoms with Gasteiger partial charge in [-0.25, -0.2) is 0 Å². The largest absolute Gasteiger partial charge is 0.409 e. The van der Waals surface area contributed by atoms with E-state index in [1.807, 2.05) is 18.2 Å². The van der Waals surface area contributed by atoms with E-state index in [1.54, 1.807) is 0 Å². The Hall–Kier alpha value is -1.55. The van der Waals surface area contributed by atoms with Crippen LogP contribution in [0.1, 0.15) is 31.9 Å². The summed E-state index contributed by atoms with van der Waals surface area (Å²) < 4.78 is 0. The van der Waals surface area contributed by atoms with Gasteiger partial charge in [-0.15, -0.1) is 0 Å². The van der Waals surface area contributed by atoms with Gasteiger partial charge in [-0.2, -0.15) is 0 Å². The van der Waals surface area contributed by atoms with Gasteiger partial charge in [0.2, 0.25) is 0 Å². The second-order valence-corrected chi connectivity index (χ2v) is 5.63. The van der Waals surface area contributed by atoms with Gasteiger partial charge in [0.1, 0.15) is 5.84 Å². The van der Waals surface area contributed by atoms with Crippen molar-refractivity contribution < 1.29 is 5.21 Å². The molecule has 4 nitrogen and oxygen atoms in total. The van der Waals surface area contributed by atoms with Crippen molar-refractivity contribution in [2.45, 2.75) is 26.3 Å². The predicted octanol–water partition coefficient (Wildman–Crippen LogP) is 2.45. The molecule has 1 heterocycles. The summed E-state index contributed by atoms with van der Waals surface area (Å²) in [5.41, 5.74) is 6.95. The Morgan fingerprint density at radius 3 is 2.42 bits per heavy atom. The minimum Gasteiger partial charge on any atom is -0.409 e. The second-order valence-electron chi connectivity index (χ2n) is 5.63. The van der Waals surface area contributed by atoms with E-state index < -0.39 is 0 Å². The first kappa shape index (κ1) is 13.9. The van der Waals surface area contributed by atoms with E-state index in [4.69, 9.17) is 10.9 Å². The summed E-state index contributed by atoms with van der Waals surface area (Å²) in [4.78, 5) is 2.45. The zero-order valence-electron chi connectivity index (χ0n) is 11.7. The van der Waals surface area contributed by atoms with Crippen molar-refractivity contribution in [3.05, 3.63) is 35.9 Å². The highest BCUT2D eigenvalue weighted by Crippen LogP contribution is 2.32. The summed E-state index contributed by atoms with van der Waals surface area (Å²) in [6.07, 6.45) is 0.569. The van der Waals surface area contributed by atoms with Crippen molar-refractivity contribution >= 4 is 5.84 Å². The zero-order valence-corrected chi connectivity index (χ0v) is 11.7. The van der Waals surface area contributed by atoms with Gasteiger partial charge >= 0.3 is 0 Å². The standard InChI is InChI=1S/C15H23N3O/c1-11-9-18(10-12(11)2)14(8-15(16)17-19)13-6-4-3-5-7-13/h3-7,11-12,14,19H,8-10H2,1-2H3,(H2,16,17). The number of benzene rings is 1. The number of likely N-dealkylation sites (tertiary alicyclic amines) is 1. The van der Waals surface area contributed by atoms with Crippen molar-refractivity contribution in [2.24, 2.45) is 22.7 Å². The third-order valence-corrected chi connectivity index (χ3v) is 4.17. The molecule has 1 fully saturated rings. The highest BCUT2D eigenvalue weighted by Gasteiger charge is 2.32. The molecule has 0 amide bonds. The first-order valence-corrected chi connectivity index (χ1v) is 6.87. The van der Waals surface area contributed by atoms with Crippen molar-refractivity contribution in [3.8, 4) is 0 Å². The summed E-state index contributed by atoms with van der Waals surface area (Å²) in [7, 11) is 0. The van der Waals surface area contributed by atoms with Gasteiger partial charge in [0.25, 0.3) is 0 Å². The number of oxime groups is 1. The van der Waals surface area contributed by atoms with Crippen LogP contribution in [0.25, 0.3) is 0 Å². The lowest BCUT2D eigenvalue weighted by atomic mass is 10.0. The molecule has 0 radical (unpaired) electrons. The third kappa shape index (κ3) is 3.26. The van der Waals surface area contributed by atoms with E-state index in [1.165, 1.54) is 5.56 Å². The summed E-state index contributed by atoms with van der Waals surface area (Å²) in [6.45, 7) is 6.71. The zero-order chi connectivity index (χ0) is 13.8. The van der Waals surface area contributed by atoms with Crippen molar-refractivity contribution in [1.29, 1.82) is 0 Å². The monoisotopic (exact) mass is 261 g/mol. The minimum atomic E-state index is 0.199. The summed E-state index contributed by atoms with van der Waals surface area (Å²) in [5, 5.41) is 12.0. The SMILES string of the molecule is CC1CN(C(CC(N)=NO)c2ccccc2)CC1C. The number of rotatable bonds is 4. The molecule has 3 atom stereocenters. The van der Waals surface area contributed by atoms with Gasteiger partial charge in [0.15, 0.2) is 0 Å². The fourth-order valence-electron chi connectivity index (χ4n) is 2.80. The van der Waals surface area contributed by atoms with E-state index >= 15 is 0 Å². The molecule has 1 saturated heterocycles. The molecule has 3 N–H and O–H groups in total. The lowest BCUT2D eigenvalue weighted by Gasteiger charge is -2.28. The summed E-state index contributed by atoms with van der Waals surface area (Å²) in [5.74, 6) is 1.68. The Bertz CT molecular complexity index is 422. The van der Waals surface area contributed by atoms with Gasteiger partial charge in [0.05, 0.1) is 0 Å². The molecular weight excluding hydrogens is 238 g/mol. The van der Waals surface area contributed by atoms with Crippen LogP contribution in [0.2, 0.25) is 0 Å². The number of nitrogens with two attached hydrogens (primary N) is 1. The van der Waals surface area contributed by atoms with Gasteiger partial charge in [0, 0.05) is 25.6 Å². The molecule has 3 unspecified atom stereocenters. The van der Waals surface area contributed by atoms with Crippen molar-refractivity contribution in [2.75, 3.05) is 13.1 Å². The Balaban J connectivity index is 2.20. The van der Waals surface area contributed by atoms with E-state index in [0.717, 1.165) is 13.1 Å². The maximum atomic E-state index is 8.82. The molecule has 0 bridgehead atoms. The van der Waals surface area contributed by atoms with E-state index in [9.17, 15) is 0 Å². The molecule has 19 heavy (non-hydrogen) atoms. The van der Waals surface area contributed by atoms with Crippen LogP contribution in [0.4, 0.5) is 0 Å². The quantitative estimate of drug-likeness (QED) is 0.379. The molecule has 0 aliphatic carbocycles. The Morgan fingerprint density at radius 1 is 1.32 bits per heavy atom. The lowest BCUT2D eigenvalue weighted by molar-refractivity contribution is 0.236. The number of hydrogen-bond donors (Lipinski definition) is 2. The maximum Gasteiger partial charge on any atom is 0.141 e. The Labute approximate surface area is 114 Å². The van der Waals surface area contributed by atoms with Gasteiger partial charge in [-0.1, -0.05) is 49.3 Å². The predicted molar refractivity (Wildman–Crippen MR) is 77.1 cm³/mol. The van der Waals surface area contributed by atoms with Crippen LogP contribution in [0.5, 0.6) is 0 Å². The van der Waals surface area contributed by atoms with E-state index in [2.05, 4.69) is 36.0 Å². The second kappa shape index (κ2) is 6.06. The van der Waals surface area contributed by atoms with Crippen LogP contribution in [-0.2, 0) is 0 Å². The molecule has 2 rings (SSSR count). The van der Waals surface area contributed by atoms with Gasteiger partial charge < -0.3 is 10.9 Å². The third-order valence-electron chi connectivity index (χ3n) is 4.17. The average molecular weight is 261 g/mol. The number of nitrogens with zero attached hydrogens (tertiary/aromatic N) is 2. The molecule has 1 aromatic rings. The first-order chi connectivity index (χ1) is 9.11. The highest BCUT2D eigenvalue weighted by atomic mass is 16.4. The van der Waals surface area contributed by atoms with Crippen LogP contribution in [0.3, 0.4) is 0 Å². The molecule has 1 aromatic carbocycles. The van der Waals surface area contributed by atoms with Gasteiger partial charge in [-0.05, 0) is 17.4 Å². The lowest BCUT2D eigenvalue weighted by Crippen LogP contribution is -2.30. The molecule has 1 aliphatic heterocycles. The fourth-order valence-corrected chi connectivity index (χ4v) is 2.80. The molecule has 1 aliphatic rings. The highest BCUT2D eigenvalue weighted by molar-refractivity contribution is 5.80. The van der Waals surface area contributed by atoms with Crippen LogP contribution < -0.4 is 5.73 Å². The van der Waals surface area contributed by atoms with Crippen LogP contribution in [-0.4, -0.2) is 29.0 Å². The average Bonchev–Trinajstić information content (AvgIpc) is 2.76. The molecular formula is C15H23N3O. The van der Waals surface area contributed by atoms with Crippen LogP contribution >= 0.6 is 0 Å². The minimum absolute atomic E-state index is 0.199. The van der Waals surface area contributed by atoms with Gasteiger partial charge in [-0.3, -0.25) is 4.90 Å². The van der Waals surface area contributed by atoms with Crippen LogP contribution in [0.15, 0.2) is 35.5 Å². The smallest absolute Gasteiger partial charge is 0.141 e. The topological polar surface area (TPSA) is 61.8 Å². The molecule has 0 saturated carbocycles. The number of hydrogen-bond acceptors (Lipinski definition) is 3. The first-order valence-electron chi connectivity index (χ1n) is 6.87. The molecule has 104 valence electrons. The Kier molecular flexibility index (Phi) is 4.43. The van der Waals surface area contributed by atoms with E-state index in [-0.39, 0.29) is 6.04 Å². The molecule has 0 spiro atoms. The number of amidine groups is 1. The molecule has 0 aromatic heterocycles. The maximum absolute atomic E-state index is 8.82. The Morgan fingerprint density at radius 2 is 1.89 bits per heavy atom. The van der Waals surface area contributed by atoms with Crippen LogP contribution in [0, 0.1) is 11.8 Å². The van der Waals surface area contributed by atoms with E-state index in [0.29, 0.717) is 24.1 Å². The fraction of sp³-hybridized carbons (Fsp3) is 0.533. The summed E-state index contributed by atoms with van der Waals surface area (Å²) >= 11 is 0. The van der Waals surface area contributed by atoms with Crippen molar-refractivity contribution in [3.63, 3.8) is 0 Å². The van der Waals surface area contributed by atoms with Crippen molar-refractivity contribution in [1.82, 2.24) is 4.90 Å². The normalized spacial score (nSPS) is 26.5. The molecule has 4 heteroatoms.